The van der Waals surface area contributed by atoms with Crippen molar-refractivity contribution in [2.45, 2.75) is 26.3 Å². The molecule has 2 N–H and O–H groups in total. The molecule has 0 aliphatic rings. The summed E-state index contributed by atoms with van der Waals surface area (Å²) in [7, 11) is 0. The Bertz CT molecular complexity index is 483. The Hall–Kier alpha value is -1.60. The molecule has 2 aromatic carbocycles. The third-order valence-electron chi connectivity index (χ3n) is 2.87. The van der Waals surface area contributed by atoms with Crippen molar-refractivity contribution in [2.75, 3.05) is 0 Å². The van der Waals surface area contributed by atoms with Gasteiger partial charge in [0.15, 0.2) is 0 Å². The van der Waals surface area contributed by atoms with E-state index in [9.17, 15) is 0 Å². The molecule has 0 bridgehead atoms. The Morgan fingerprint density at radius 1 is 1.00 bits per heavy atom. The van der Waals surface area contributed by atoms with Crippen molar-refractivity contribution in [3.8, 4) is 11.1 Å². The lowest BCUT2D eigenvalue weighted by Gasteiger charge is -2.08. The van der Waals surface area contributed by atoms with Crippen LogP contribution in [0.4, 0.5) is 0 Å². The van der Waals surface area contributed by atoms with Gasteiger partial charge in [-0.05, 0) is 37.0 Å². The molecule has 0 saturated carbocycles. The zero-order valence-electron chi connectivity index (χ0n) is 10.5. The van der Waals surface area contributed by atoms with Gasteiger partial charge in [-0.3, -0.25) is 0 Å². The summed E-state index contributed by atoms with van der Waals surface area (Å²) in [5, 5.41) is 0. The van der Waals surface area contributed by atoms with Crippen molar-refractivity contribution >= 4 is 0 Å². The SMILES string of the molecule is Cc1ccc(-c2cccc(CC(C)N)c2)cc1. The third kappa shape index (κ3) is 3.18. The minimum absolute atomic E-state index is 0.211. The molecule has 88 valence electrons. The Balaban J connectivity index is 2.29. The van der Waals surface area contributed by atoms with Gasteiger partial charge in [-0.2, -0.15) is 0 Å². The first-order chi connectivity index (χ1) is 8.15. The quantitative estimate of drug-likeness (QED) is 0.849. The predicted octanol–water partition coefficient (Wildman–Crippen LogP) is 3.55. The highest BCUT2D eigenvalue weighted by atomic mass is 14.6. The number of hydrogen-bond donors (Lipinski definition) is 1. The summed E-state index contributed by atoms with van der Waals surface area (Å²) >= 11 is 0. The summed E-state index contributed by atoms with van der Waals surface area (Å²) in [6.45, 7) is 4.15. The largest absolute Gasteiger partial charge is 0.328 e. The van der Waals surface area contributed by atoms with Crippen molar-refractivity contribution in [1.29, 1.82) is 0 Å². The summed E-state index contributed by atoms with van der Waals surface area (Å²) in [6, 6.07) is 17.5. The van der Waals surface area contributed by atoms with Gasteiger partial charge in [-0.15, -0.1) is 0 Å². The van der Waals surface area contributed by atoms with Crippen LogP contribution in [0.1, 0.15) is 18.1 Å². The minimum atomic E-state index is 0.211. The van der Waals surface area contributed by atoms with Crippen LogP contribution in [0, 0.1) is 6.92 Å². The standard InChI is InChI=1S/C16H19N/c1-12-6-8-15(9-7-12)16-5-3-4-14(11-16)10-13(2)17/h3-9,11,13H,10,17H2,1-2H3. The van der Waals surface area contributed by atoms with Gasteiger partial charge in [0.05, 0.1) is 0 Å². The van der Waals surface area contributed by atoms with E-state index in [1.165, 1.54) is 22.3 Å². The second kappa shape index (κ2) is 5.15. The van der Waals surface area contributed by atoms with E-state index in [1.807, 2.05) is 6.92 Å². The van der Waals surface area contributed by atoms with Crippen LogP contribution in [0.5, 0.6) is 0 Å². The predicted molar refractivity (Wildman–Crippen MR) is 74.0 cm³/mol. The highest BCUT2D eigenvalue weighted by molar-refractivity contribution is 5.64. The maximum Gasteiger partial charge on any atom is 0.00509 e. The maximum atomic E-state index is 5.83. The van der Waals surface area contributed by atoms with Gasteiger partial charge in [0.1, 0.15) is 0 Å². The minimum Gasteiger partial charge on any atom is -0.328 e. The molecule has 1 nitrogen and oxygen atoms in total. The topological polar surface area (TPSA) is 26.0 Å². The Kier molecular flexibility index (Phi) is 3.60. The van der Waals surface area contributed by atoms with E-state index in [-0.39, 0.29) is 6.04 Å². The zero-order chi connectivity index (χ0) is 12.3. The van der Waals surface area contributed by atoms with Crippen LogP contribution in [0.3, 0.4) is 0 Å². The van der Waals surface area contributed by atoms with E-state index in [4.69, 9.17) is 5.73 Å². The Morgan fingerprint density at radius 3 is 2.35 bits per heavy atom. The summed E-state index contributed by atoms with van der Waals surface area (Å²) in [5.41, 5.74) is 11.0. The van der Waals surface area contributed by atoms with Gasteiger partial charge in [0.2, 0.25) is 0 Å². The molecule has 17 heavy (non-hydrogen) atoms. The number of benzene rings is 2. The monoisotopic (exact) mass is 225 g/mol. The van der Waals surface area contributed by atoms with Crippen LogP contribution >= 0.6 is 0 Å². The molecule has 2 aromatic rings. The first-order valence-corrected chi connectivity index (χ1v) is 6.07. The molecule has 0 amide bonds. The van der Waals surface area contributed by atoms with Crippen LogP contribution in [0.15, 0.2) is 48.5 Å². The first-order valence-electron chi connectivity index (χ1n) is 6.07. The fourth-order valence-electron chi connectivity index (χ4n) is 2.00. The summed E-state index contributed by atoms with van der Waals surface area (Å²) in [5.74, 6) is 0. The number of nitrogens with two attached hydrogens (primary N) is 1. The van der Waals surface area contributed by atoms with Gasteiger partial charge in [-0.25, -0.2) is 0 Å². The van der Waals surface area contributed by atoms with Gasteiger partial charge < -0.3 is 5.73 Å². The second-order valence-electron chi connectivity index (χ2n) is 4.75. The lowest BCUT2D eigenvalue weighted by atomic mass is 9.99. The molecule has 0 fully saturated rings. The Morgan fingerprint density at radius 2 is 1.71 bits per heavy atom. The van der Waals surface area contributed by atoms with E-state index in [0.717, 1.165) is 6.42 Å². The summed E-state index contributed by atoms with van der Waals surface area (Å²) < 4.78 is 0. The molecule has 1 heteroatoms. The zero-order valence-corrected chi connectivity index (χ0v) is 10.5. The average molecular weight is 225 g/mol. The molecule has 2 rings (SSSR count). The molecule has 0 heterocycles. The van der Waals surface area contributed by atoms with Crippen molar-refractivity contribution in [1.82, 2.24) is 0 Å². The van der Waals surface area contributed by atoms with Crippen molar-refractivity contribution in [2.24, 2.45) is 5.73 Å². The molecule has 0 aromatic heterocycles. The molecular formula is C16H19N. The molecule has 1 unspecified atom stereocenters. The van der Waals surface area contributed by atoms with Crippen molar-refractivity contribution in [3.05, 3.63) is 59.7 Å². The number of hydrogen-bond acceptors (Lipinski definition) is 1. The highest BCUT2D eigenvalue weighted by Gasteiger charge is 2.01. The van der Waals surface area contributed by atoms with E-state index >= 15 is 0 Å². The Labute approximate surface area is 103 Å². The van der Waals surface area contributed by atoms with Crippen LogP contribution in [-0.4, -0.2) is 6.04 Å². The molecule has 1 atom stereocenters. The van der Waals surface area contributed by atoms with E-state index in [1.54, 1.807) is 0 Å². The van der Waals surface area contributed by atoms with E-state index in [2.05, 4.69) is 55.5 Å². The second-order valence-corrected chi connectivity index (χ2v) is 4.75. The molecular weight excluding hydrogens is 206 g/mol. The van der Waals surface area contributed by atoms with Gasteiger partial charge in [0.25, 0.3) is 0 Å². The third-order valence-corrected chi connectivity index (χ3v) is 2.87. The molecule has 0 aliphatic carbocycles. The van der Waals surface area contributed by atoms with Crippen LogP contribution < -0.4 is 5.73 Å². The first kappa shape index (κ1) is 11.9. The van der Waals surface area contributed by atoms with Crippen molar-refractivity contribution < 1.29 is 0 Å². The van der Waals surface area contributed by atoms with E-state index < -0.39 is 0 Å². The fraction of sp³-hybridized carbons (Fsp3) is 0.250. The number of rotatable bonds is 3. The molecule has 0 saturated heterocycles. The molecule has 0 radical (unpaired) electrons. The van der Waals surface area contributed by atoms with Gasteiger partial charge in [0, 0.05) is 6.04 Å². The number of aryl methyl sites for hydroxylation is 1. The lowest BCUT2D eigenvalue weighted by Crippen LogP contribution is -2.17. The van der Waals surface area contributed by atoms with Crippen LogP contribution in [0.25, 0.3) is 11.1 Å². The van der Waals surface area contributed by atoms with Crippen molar-refractivity contribution in [3.63, 3.8) is 0 Å². The van der Waals surface area contributed by atoms with Gasteiger partial charge >= 0.3 is 0 Å². The normalized spacial score (nSPS) is 12.4. The van der Waals surface area contributed by atoms with Crippen LogP contribution in [0.2, 0.25) is 0 Å². The highest BCUT2D eigenvalue weighted by Crippen LogP contribution is 2.21. The molecule has 0 aliphatic heterocycles. The molecule has 0 spiro atoms. The average Bonchev–Trinajstić information content (AvgIpc) is 2.29. The van der Waals surface area contributed by atoms with Gasteiger partial charge in [-0.1, -0.05) is 54.1 Å². The maximum absolute atomic E-state index is 5.83. The van der Waals surface area contributed by atoms with Crippen LogP contribution in [-0.2, 0) is 6.42 Å². The lowest BCUT2D eigenvalue weighted by molar-refractivity contribution is 0.738. The summed E-state index contributed by atoms with van der Waals surface area (Å²) in [4.78, 5) is 0. The smallest absolute Gasteiger partial charge is 0.00509 e. The summed E-state index contributed by atoms with van der Waals surface area (Å²) in [6.07, 6.45) is 0.930. The fourth-order valence-corrected chi connectivity index (χ4v) is 2.00. The van der Waals surface area contributed by atoms with E-state index in [0.29, 0.717) is 0 Å².